The largest absolute Gasteiger partial charge is 1.00 e. The molecule has 128 valence electrons. The van der Waals surface area contributed by atoms with Gasteiger partial charge in [-0.1, -0.05) is 18.2 Å². The van der Waals surface area contributed by atoms with Crippen molar-refractivity contribution in [2.45, 2.75) is 6.42 Å². The number of methoxy groups -OCH3 is 1. The maximum Gasteiger partial charge on any atom is 1.00 e. The molecule has 0 aliphatic heterocycles. The molecule has 1 heterocycles. The summed E-state index contributed by atoms with van der Waals surface area (Å²) in [6, 6.07) is 11.8. The molecule has 0 aliphatic rings. The minimum absolute atomic E-state index is 0. The summed E-state index contributed by atoms with van der Waals surface area (Å²) >= 11 is 0. The van der Waals surface area contributed by atoms with E-state index in [9.17, 15) is 19.1 Å². The van der Waals surface area contributed by atoms with E-state index in [4.69, 9.17) is 4.74 Å². The van der Waals surface area contributed by atoms with Gasteiger partial charge in [0.05, 0.1) is 12.8 Å². The van der Waals surface area contributed by atoms with Gasteiger partial charge in [0, 0.05) is 18.1 Å². The van der Waals surface area contributed by atoms with Crippen molar-refractivity contribution in [1.29, 1.82) is 0 Å². The second kappa shape index (κ2) is 8.78. The second-order valence-electron chi connectivity index (χ2n) is 5.38. The Balaban J connectivity index is 0.00000243. The molecule has 0 unspecified atom stereocenters. The first-order valence-corrected chi connectivity index (χ1v) is 7.43. The van der Waals surface area contributed by atoms with Crippen LogP contribution in [0.3, 0.4) is 0 Å². The van der Waals surface area contributed by atoms with Crippen LogP contribution in [0.25, 0.3) is 5.69 Å². The second-order valence-corrected chi connectivity index (χ2v) is 5.38. The van der Waals surface area contributed by atoms with Crippen molar-refractivity contribution in [2.75, 3.05) is 7.11 Å². The molecule has 3 aromatic rings. The standard InChI is InChI=1S/C18H15FN2O4.K/c1-25-14-4-2-3-13(10-14)21-17(23)15(16(22)20-18(21)24)9-11-5-7-12(19)8-6-11;/h2-8,10,22H,9H2,1H3,(H,20,24);/q;+1/p-1. The minimum atomic E-state index is -0.828. The van der Waals surface area contributed by atoms with Gasteiger partial charge in [-0.3, -0.25) is 4.79 Å². The van der Waals surface area contributed by atoms with E-state index in [2.05, 4.69) is 4.98 Å². The molecular weight excluding hydrogens is 366 g/mol. The summed E-state index contributed by atoms with van der Waals surface area (Å²) in [5, 5.41) is 12.1. The molecule has 0 saturated carbocycles. The predicted molar refractivity (Wildman–Crippen MR) is 87.9 cm³/mol. The molecule has 8 heteroatoms. The third-order valence-electron chi connectivity index (χ3n) is 3.76. The fraction of sp³-hybridized carbons (Fsp3) is 0.111. The van der Waals surface area contributed by atoms with Crippen molar-refractivity contribution < 1.29 is 65.6 Å². The molecule has 0 amide bonds. The Morgan fingerprint density at radius 3 is 2.50 bits per heavy atom. The molecule has 2 aromatic carbocycles. The van der Waals surface area contributed by atoms with Crippen LogP contribution in [0.2, 0.25) is 0 Å². The molecule has 0 fully saturated rings. The Hall–Kier alpha value is -1.71. The van der Waals surface area contributed by atoms with E-state index in [1.807, 2.05) is 0 Å². The summed E-state index contributed by atoms with van der Waals surface area (Å²) < 4.78 is 19.0. The number of hydrogen-bond acceptors (Lipinski definition) is 4. The summed E-state index contributed by atoms with van der Waals surface area (Å²) in [7, 11) is 1.47. The number of H-pyrrole nitrogens is 1. The van der Waals surface area contributed by atoms with Crippen molar-refractivity contribution in [3.05, 3.63) is 86.3 Å². The summed E-state index contributed by atoms with van der Waals surface area (Å²) in [5.41, 5.74) is -0.780. The summed E-state index contributed by atoms with van der Waals surface area (Å²) in [5.74, 6) is -0.699. The fourth-order valence-electron chi connectivity index (χ4n) is 2.50. The summed E-state index contributed by atoms with van der Waals surface area (Å²) in [6.07, 6.45) is -0.0152. The number of nitrogens with one attached hydrogen (secondary N) is 1. The van der Waals surface area contributed by atoms with E-state index in [0.29, 0.717) is 11.3 Å². The molecule has 26 heavy (non-hydrogen) atoms. The SMILES string of the molecule is COc1cccc(-n2c(=O)[nH]c([O-])c(Cc3ccc(F)cc3)c2=O)c1.[K+]. The quantitative estimate of drug-likeness (QED) is 0.549. The molecule has 1 N–H and O–H groups in total. The van der Waals surface area contributed by atoms with Gasteiger partial charge in [0.2, 0.25) is 0 Å². The topological polar surface area (TPSA) is 87.2 Å². The Labute approximate surface area is 190 Å². The fourth-order valence-corrected chi connectivity index (χ4v) is 2.50. The summed E-state index contributed by atoms with van der Waals surface area (Å²) in [6.45, 7) is 0. The number of hydrogen-bond donors (Lipinski definition) is 1. The third-order valence-corrected chi connectivity index (χ3v) is 3.76. The first-order chi connectivity index (χ1) is 12.0. The van der Waals surface area contributed by atoms with Gasteiger partial charge in [-0.25, -0.2) is 13.8 Å². The molecule has 0 spiro atoms. The molecule has 0 aliphatic carbocycles. The molecule has 0 atom stereocenters. The zero-order valence-electron chi connectivity index (χ0n) is 14.3. The Bertz CT molecular complexity index is 1030. The van der Waals surface area contributed by atoms with Crippen LogP contribution in [0.5, 0.6) is 11.6 Å². The van der Waals surface area contributed by atoms with E-state index >= 15 is 0 Å². The van der Waals surface area contributed by atoms with Crippen LogP contribution in [0.15, 0.2) is 58.1 Å². The Morgan fingerprint density at radius 2 is 1.85 bits per heavy atom. The van der Waals surface area contributed by atoms with Crippen LogP contribution >= 0.6 is 0 Å². The monoisotopic (exact) mass is 380 g/mol. The van der Waals surface area contributed by atoms with Crippen LogP contribution in [-0.4, -0.2) is 16.7 Å². The number of aromatic nitrogens is 2. The number of aromatic amines is 1. The van der Waals surface area contributed by atoms with E-state index in [1.54, 1.807) is 18.2 Å². The van der Waals surface area contributed by atoms with E-state index in [-0.39, 0.29) is 69.1 Å². The average Bonchev–Trinajstić information content (AvgIpc) is 2.60. The molecule has 3 rings (SSSR count). The Morgan fingerprint density at radius 1 is 1.15 bits per heavy atom. The van der Waals surface area contributed by atoms with Gasteiger partial charge in [0.25, 0.3) is 5.56 Å². The zero-order valence-corrected chi connectivity index (χ0v) is 17.4. The van der Waals surface area contributed by atoms with Gasteiger partial charge in [0.1, 0.15) is 11.6 Å². The van der Waals surface area contributed by atoms with Gasteiger partial charge in [0.15, 0.2) is 0 Å². The maximum atomic E-state index is 13.0. The first kappa shape index (κ1) is 20.6. The summed E-state index contributed by atoms with van der Waals surface area (Å²) in [4.78, 5) is 27.0. The zero-order chi connectivity index (χ0) is 18.0. The number of rotatable bonds is 4. The molecule has 6 nitrogen and oxygen atoms in total. The van der Waals surface area contributed by atoms with E-state index in [0.717, 1.165) is 4.57 Å². The maximum absolute atomic E-state index is 13.0. The van der Waals surface area contributed by atoms with Crippen LogP contribution in [-0.2, 0) is 6.42 Å². The average molecular weight is 380 g/mol. The van der Waals surface area contributed by atoms with Gasteiger partial charge in [-0.05, 0) is 35.7 Å². The molecular formula is C18H14FKN2O4. The molecule has 0 radical (unpaired) electrons. The number of benzene rings is 2. The Kier molecular flexibility index (Phi) is 6.96. The van der Waals surface area contributed by atoms with Crippen molar-refractivity contribution in [3.8, 4) is 17.3 Å². The molecule has 0 bridgehead atoms. The number of halogens is 1. The van der Waals surface area contributed by atoms with Crippen molar-refractivity contribution >= 4 is 0 Å². The van der Waals surface area contributed by atoms with Crippen molar-refractivity contribution in [1.82, 2.24) is 9.55 Å². The predicted octanol–water partition coefficient (Wildman–Crippen LogP) is -1.66. The third kappa shape index (κ3) is 4.33. The smallest absolute Gasteiger partial charge is 0.860 e. The van der Waals surface area contributed by atoms with Gasteiger partial charge < -0.3 is 14.8 Å². The number of ether oxygens (including phenoxy) is 1. The van der Waals surface area contributed by atoms with E-state index in [1.165, 1.54) is 37.4 Å². The normalized spacial score (nSPS) is 10.2. The van der Waals surface area contributed by atoms with Crippen LogP contribution in [0, 0.1) is 5.82 Å². The molecule has 0 saturated heterocycles. The molecule has 1 aromatic heterocycles. The minimum Gasteiger partial charge on any atom is -0.860 e. The van der Waals surface area contributed by atoms with Crippen molar-refractivity contribution in [3.63, 3.8) is 0 Å². The van der Waals surface area contributed by atoms with Crippen LogP contribution in [0.4, 0.5) is 4.39 Å². The first-order valence-electron chi connectivity index (χ1n) is 7.43. The van der Waals surface area contributed by atoms with Crippen molar-refractivity contribution in [2.24, 2.45) is 0 Å². The van der Waals surface area contributed by atoms with Gasteiger partial charge in [-0.15, -0.1) is 0 Å². The van der Waals surface area contributed by atoms with Crippen LogP contribution < -0.4 is 72.5 Å². The number of nitrogens with zero attached hydrogens (tertiary/aromatic N) is 1. The van der Waals surface area contributed by atoms with Crippen LogP contribution in [0.1, 0.15) is 11.1 Å². The van der Waals surface area contributed by atoms with E-state index < -0.39 is 22.9 Å². The van der Waals surface area contributed by atoms with Gasteiger partial charge >= 0.3 is 57.1 Å². The van der Waals surface area contributed by atoms with Gasteiger partial charge in [-0.2, -0.15) is 0 Å².